The van der Waals surface area contributed by atoms with Gasteiger partial charge in [0.2, 0.25) is 5.91 Å². The second-order valence-electron chi connectivity index (χ2n) is 5.35. The van der Waals surface area contributed by atoms with Gasteiger partial charge in [-0.05, 0) is 23.9 Å². The molecular weight excluding hydrogens is 485 g/mol. The summed E-state index contributed by atoms with van der Waals surface area (Å²) in [4.78, 5) is 15.9. The summed E-state index contributed by atoms with van der Waals surface area (Å²) in [5.41, 5.74) is -7.41. The molecular formula is C15H8Cl2F6N4O2S. The first-order valence-corrected chi connectivity index (χ1v) is 8.98. The number of thioether (sulfide) groups is 1. The summed E-state index contributed by atoms with van der Waals surface area (Å²) in [6.07, 6.45) is -4.81. The lowest BCUT2D eigenvalue weighted by Crippen LogP contribution is -2.30. The number of nitriles is 1. The Morgan fingerprint density at radius 1 is 1.23 bits per heavy atom. The van der Waals surface area contributed by atoms with E-state index in [2.05, 4.69) is 5.10 Å². The van der Waals surface area contributed by atoms with Crippen molar-refractivity contribution in [2.45, 2.75) is 23.5 Å². The van der Waals surface area contributed by atoms with Crippen molar-refractivity contribution in [2.24, 2.45) is 0 Å². The number of benzene rings is 1. The standard InChI is InChI=1S/C15H8Cl2F6N4O2S/c1-6(28)27(29-2)13-12(30-15(21,22)23)10(5-24)25-26(13)11-8(16)3-7(4-9(11)17)14(18,19)20/h3-4H,1-2H3. The largest absolute Gasteiger partial charge is 0.446 e. The van der Waals surface area contributed by atoms with Gasteiger partial charge in [0.25, 0.3) is 0 Å². The molecule has 0 radical (unpaired) electrons. The van der Waals surface area contributed by atoms with Crippen molar-refractivity contribution in [1.29, 1.82) is 5.26 Å². The fourth-order valence-electron chi connectivity index (χ4n) is 2.31. The average Bonchev–Trinajstić information content (AvgIpc) is 2.90. The summed E-state index contributed by atoms with van der Waals surface area (Å²) in [5.74, 6) is -1.64. The van der Waals surface area contributed by atoms with Crippen LogP contribution in [0.25, 0.3) is 5.69 Å². The predicted molar refractivity (Wildman–Crippen MR) is 95.4 cm³/mol. The van der Waals surface area contributed by atoms with Crippen LogP contribution in [0.5, 0.6) is 0 Å². The molecule has 2 rings (SSSR count). The van der Waals surface area contributed by atoms with Crippen LogP contribution in [0.4, 0.5) is 32.2 Å². The molecule has 162 valence electrons. The third-order valence-electron chi connectivity index (χ3n) is 3.36. The number of aromatic nitrogens is 2. The van der Waals surface area contributed by atoms with Crippen LogP contribution in [-0.4, -0.2) is 28.3 Å². The second-order valence-corrected chi connectivity index (χ2v) is 7.24. The number of hydroxylamine groups is 1. The van der Waals surface area contributed by atoms with Gasteiger partial charge >= 0.3 is 11.7 Å². The Balaban J connectivity index is 2.90. The minimum Gasteiger partial charge on any atom is -0.272 e. The first-order valence-electron chi connectivity index (χ1n) is 7.41. The van der Waals surface area contributed by atoms with Gasteiger partial charge in [-0.25, -0.2) is 4.68 Å². The van der Waals surface area contributed by atoms with Crippen LogP contribution < -0.4 is 5.06 Å². The van der Waals surface area contributed by atoms with Crippen molar-refractivity contribution in [3.05, 3.63) is 33.4 Å². The molecule has 15 heteroatoms. The maximum absolute atomic E-state index is 13.1. The lowest BCUT2D eigenvalue weighted by molar-refractivity contribution is -0.137. The van der Waals surface area contributed by atoms with Crippen LogP contribution in [0.3, 0.4) is 0 Å². The first kappa shape index (κ1) is 24.1. The van der Waals surface area contributed by atoms with Gasteiger partial charge in [-0.3, -0.25) is 9.63 Å². The molecule has 0 unspecified atom stereocenters. The molecule has 1 aromatic heterocycles. The minimum atomic E-state index is -4.90. The van der Waals surface area contributed by atoms with Gasteiger partial charge in [-0.1, -0.05) is 23.2 Å². The number of amides is 1. The number of alkyl halides is 6. The van der Waals surface area contributed by atoms with E-state index in [1.807, 2.05) is 0 Å². The number of hydrogen-bond acceptors (Lipinski definition) is 5. The Morgan fingerprint density at radius 2 is 1.77 bits per heavy atom. The fourth-order valence-corrected chi connectivity index (χ4v) is 3.63. The van der Waals surface area contributed by atoms with Crippen LogP contribution >= 0.6 is 35.0 Å². The highest BCUT2D eigenvalue weighted by atomic mass is 35.5. The molecule has 0 atom stereocenters. The van der Waals surface area contributed by atoms with Crippen molar-refractivity contribution in [3.8, 4) is 11.8 Å². The van der Waals surface area contributed by atoms with Crippen LogP contribution in [0.2, 0.25) is 10.0 Å². The third kappa shape index (κ3) is 4.94. The molecule has 0 aliphatic rings. The monoisotopic (exact) mass is 492 g/mol. The number of halogens is 8. The van der Waals surface area contributed by atoms with E-state index in [4.69, 9.17) is 28.0 Å². The highest BCUT2D eigenvalue weighted by molar-refractivity contribution is 8.00. The Morgan fingerprint density at radius 3 is 2.13 bits per heavy atom. The van der Waals surface area contributed by atoms with Gasteiger partial charge in [-0.2, -0.15) is 41.8 Å². The topological polar surface area (TPSA) is 71.2 Å². The van der Waals surface area contributed by atoms with Crippen LogP contribution in [0, 0.1) is 11.3 Å². The van der Waals surface area contributed by atoms with E-state index in [1.165, 1.54) is 6.07 Å². The summed E-state index contributed by atoms with van der Waals surface area (Å²) in [7, 11) is 0.947. The van der Waals surface area contributed by atoms with Crippen LogP contribution in [0.1, 0.15) is 18.2 Å². The van der Waals surface area contributed by atoms with Crippen molar-refractivity contribution in [1.82, 2.24) is 9.78 Å². The van der Waals surface area contributed by atoms with Crippen LogP contribution in [-0.2, 0) is 15.8 Å². The quantitative estimate of drug-likeness (QED) is 0.315. The molecule has 30 heavy (non-hydrogen) atoms. The van der Waals surface area contributed by atoms with Crippen molar-refractivity contribution < 1.29 is 36.0 Å². The normalized spacial score (nSPS) is 12.0. The van der Waals surface area contributed by atoms with E-state index in [0.29, 0.717) is 21.9 Å². The number of carbonyl (C=O) groups excluding carboxylic acids is 1. The molecule has 0 saturated carbocycles. The smallest absolute Gasteiger partial charge is 0.272 e. The Kier molecular flexibility index (Phi) is 6.87. The Bertz CT molecular complexity index is 1010. The zero-order valence-electron chi connectivity index (χ0n) is 14.7. The Hall–Kier alpha value is -2.14. The van der Waals surface area contributed by atoms with Gasteiger partial charge in [0.15, 0.2) is 11.5 Å². The first-order chi connectivity index (χ1) is 13.7. The third-order valence-corrected chi connectivity index (χ3v) is 4.75. The molecule has 0 spiro atoms. The van der Waals surface area contributed by atoms with Gasteiger partial charge in [-0.15, -0.1) is 0 Å². The number of rotatable bonds is 4. The summed E-state index contributed by atoms with van der Waals surface area (Å²) in [6, 6.07) is 2.38. The zero-order chi connectivity index (χ0) is 23.0. The molecule has 0 bridgehead atoms. The molecule has 6 nitrogen and oxygen atoms in total. The second kappa shape index (κ2) is 8.54. The van der Waals surface area contributed by atoms with E-state index >= 15 is 0 Å². The fraction of sp³-hybridized carbons (Fsp3) is 0.267. The minimum absolute atomic E-state index is 0.367. The highest BCUT2D eigenvalue weighted by Gasteiger charge is 2.38. The summed E-state index contributed by atoms with van der Waals surface area (Å²) in [5, 5.41) is 11.9. The van der Waals surface area contributed by atoms with Crippen LogP contribution in [0.15, 0.2) is 17.0 Å². The molecule has 0 N–H and O–H groups in total. The molecule has 0 saturated heterocycles. The van der Waals surface area contributed by atoms with E-state index in [0.717, 1.165) is 14.0 Å². The number of nitrogens with zero attached hydrogens (tertiary/aromatic N) is 4. The SMILES string of the molecule is CON(C(C)=O)c1c(SC(F)(F)F)c(C#N)nn1-c1c(Cl)cc(C(F)(F)F)cc1Cl. The lowest BCUT2D eigenvalue weighted by Gasteiger charge is -2.21. The van der Waals surface area contributed by atoms with E-state index in [1.54, 1.807) is 0 Å². The molecule has 0 fully saturated rings. The molecule has 0 aliphatic heterocycles. The number of hydrogen-bond donors (Lipinski definition) is 0. The van der Waals surface area contributed by atoms with Gasteiger partial charge in [0.1, 0.15) is 11.8 Å². The van der Waals surface area contributed by atoms with Crippen molar-refractivity contribution in [2.75, 3.05) is 12.2 Å². The van der Waals surface area contributed by atoms with Gasteiger partial charge < -0.3 is 0 Å². The highest BCUT2D eigenvalue weighted by Crippen LogP contribution is 2.46. The average molecular weight is 493 g/mol. The van der Waals surface area contributed by atoms with Crippen molar-refractivity contribution in [3.63, 3.8) is 0 Å². The Labute approximate surface area is 178 Å². The summed E-state index contributed by atoms with van der Waals surface area (Å²) < 4.78 is 78.6. The predicted octanol–water partition coefficient (Wildman–Crippen LogP) is 5.60. The molecule has 2 aromatic rings. The van der Waals surface area contributed by atoms with Crippen molar-refractivity contribution >= 4 is 46.7 Å². The zero-order valence-corrected chi connectivity index (χ0v) is 17.0. The van der Waals surface area contributed by atoms with E-state index in [-0.39, 0.29) is 0 Å². The maximum Gasteiger partial charge on any atom is 0.446 e. The van der Waals surface area contributed by atoms with Gasteiger partial charge in [0.05, 0.1) is 27.6 Å². The molecule has 1 heterocycles. The number of anilines is 1. The lowest BCUT2D eigenvalue weighted by atomic mass is 10.2. The van der Waals surface area contributed by atoms with E-state index in [9.17, 15) is 36.4 Å². The summed E-state index contributed by atoms with van der Waals surface area (Å²) in [6.45, 7) is 0.935. The van der Waals surface area contributed by atoms with Gasteiger partial charge in [0, 0.05) is 6.92 Å². The molecule has 1 aromatic carbocycles. The number of carbonyl (C=O) groups is 1. The summed E-state index contributed by atoms with van der Waals surface area (Å²) >= 11 is 11.1. The molecule has 1 amide bonds. The molecule has 0 aliphatic carbocycles. The maximum atomic E-state index is 13.1. The van der Waals surface area contributed by atoms with E-state index < -0.39 is 67.1 Å².